The van der Waals surface area contributed by atoms with E-state index in [2.05, 4.69) is 20.4 Å². The van der Waals surface area contributed by atoms with E-state index in [1.165, 1.54) is 18.2 Å². The maximum absolute atomic E-state index is 13.5. The molecule has 0 saturated carbocycles. The summed E-state index contributed by atoms with van der Waals surface area (Å²) in [7, 11) is 0.745. The molecule has 7 nitrogen and oxygen atoms in total. The molecule has 10 heteroatoms. The number of H-pyrrole nitrogens is 1. The van der Waals surface area contributed by atoms with Crippen molar-refractivity contribution in [1.29, 1.82) is 0 Å². The van der Waals surface area contributed by atoms with E-state index in [4.69, 9.17) is 0 Å². The van der Waals surface area contributed by atoms with Gasteiger partial charge in [-0.05, 0) is 30.3 Å². The van der Waals surface area contributed by atoms with Crippen LogP contribution in [0.15, 0.2) is 54.7 Å². The summed E-state index contributed by atoms with van der Waals surface area (Å²) < 4.78 is 44.8. The second kappa shape index (κ2) is 7.47. The fourth-order valence-corrected chi connectivity index (χ4v) is 2.84. The third-order valence-corrected chi connectivity index (χ3v) is 4.25. The van der Waals surface area contributed by atoms with Gasteiger partial charge in [-0.2, -0.15) is 13.2 Å². The predicted octanol–water partition coefficient (Wildman–Crippen LogP) is 3.73. The molecule has 1 heterocycles. The SMILES string of the molecule is COC(=O)C(O)(c1c[nH]c2ccc(NC(=O)Nc3ccccc3)cc12)C(F)(F)F. The highest BCUT2D eigenvalue weighted by Gasteiger charge is 2.63. The summed E-state index contributed by atoms with van der Waals surface area (Å²) >= 11 is 0. The molecule has 0 fully saturated rings. The van der Waals surface area contributed by atoms with Crippen molar-refractivity contribution in [3.8, 4) is 0 Å². The lowest BCUT2D eigenvalue weighted by molar-refractivity contribution is -0.266. The first-order valence-corrected chi connectivity index (χ1v) is 8.29. The molecule has 3 aromatic rings. The Morgan fingerprint density at radius 3 is 2.31 bits per heavy atom. The van der Waals surface area contributed by atoms with E-state index in [-0.39, 0.29) is 16.6 Å². The molecule has 4 N–H and O–H groups in total. The summed E-state index contributed by atoms with van der Waals surface area (Å²) in [6.45, 7) is 0. The van der Waals surface area contributed by atoms with Crippen molar-refractivity contribution in [3.05, 3.63) is 60.3 Å². The number of aromatic amines is 1. The molecule has 0 aliphatic rings. The third kappa shape index (κ3) is 3.74. The number of anilines is 2. The molecule has 0 aliphatic heterocycles. The van der Waals surface area contributed by atoms with E-state index in [0.29, 0.717) is 5.69 Å². The molecule has 0 bridgehead atoms. The molecule has 152 valence electrons. The number of rotatable bonds is 4. The number of para-hydroxylation sites is 1. The Morgan fingerprint density at radius 1 is 1.03 bits per heavy atom. The maximum atomic E-state index is 13.5. The number of fused-ring (bicyclic) bond motifs is 1. The molecule has 3 rings (SSSR count). The maximum Gasteiger partial charge on any atom is 0.432 e. The highest BCUT2D eigenvalue weighted by molar-refractivity contribution is 6.02. The van der Waals surface area contributed by atoms with Gasteiger partial charge in [0.05, 0.1) is 7.11 Å². The molecule has 0 aliphatic carbocycles. The standard InChI is InChI=1S/C19H16F3N3O4/c1-29-16(26)18(28,19(20,21)22)14-10-23-15-8-7-12(9-13(14)15)25-17(27)24-11-5-3-2-4-6-11/h2-10,23,28H,1H3,(H2,24,25,27). The second-order valence-electron chi connectivity index (χ2n) is 6.11. The minimum Gasteiger partial charge on any atom is -0.466 e. The largest absolute Gasteiger partial charge is 0.466 e. The van der Waals surface area contributed by atoms with E-state index in [1.54, 1.807) is 30.3 Å². The summed E-state index contributed by atoms with van der Waals surface area (Å²) in [5, 5.41) is 15.2. The summed E-state index contributed by atoms with van der Waals surface area (Å²) in [5.41, 5.74) is -3.71. The van der Waals surface area contributed by atoms with Gasteiger partial charge in [0, 0.05) is 34.0 Å². The smallest absolute Gasteiger partial charge is 0.432 e. The number of methoxy groups -OCH3 is 1. The van der Waals surface area contributed by atoms with Crippen LogP contribution in [-0.2, 0) is 15.1 Å². The van der Waals surface area contributed by atoms with Crippen LogP contribution in [0.25, 0.3) is 10.9 Å². The Bertz CT molecular complexity index is 1050. The number of halogens is 3. The third-order valence-electron chi connectivity index (χ3n) is 4.25. The number of hydrogen-bond donors (Lipinski definition) is 4. The first kappa shape index (κ1) is 20.2. The van der Waals surface area contributed by atoms with Gasteiger partial charge < -0.3 is 25.5 Å². The van der Waals surface area contributed by atoms with E-state index < -0.39 is 29.3 Å². The Balaban J connectivity index is 1.96. The number of esters is 1. The molecule has 0 saturated heterocycles. The average Bonchev–Trinajstić information content (AvgIpc) is 3.10. The molecular weight excluding hydrogens is 391 g/mol. The average molecular weight is 407 g/mol. The van der Waals surface area contributed by atoms with Gasteiger partial charge in [0.2, 0.25) is 0 Å². The Morgan fingerprint density at radius 2 is 1.69 bits per heavy atom. The zero-order valence-corrected chi connectivity index (χ0v) is 15.0. The summed E-state index contributed by atoms with van der Waals surface area (Å²) in [5.74, 6) is -1.87. The Hall–Kier alpha value is -3.53. The van der Waals surface area contributed by atoms with Crippen LogP contribution in [0, 0.1) is 0 Å². The fourth-order valence-electron chi connectivity index (χ4n) is 2.84. The van der Waals surface area contributed by atoms with Crippen molar-refractivity contribution in [2.45, 2.75) is 11.8 Å². The number of aromatic nitrogens is 1. The van der Waals surface area contributed by atoms with Crippen LogP contribution in [-0.4, -0.2) is 35.4 Å². The second-order valence-corrected chi connectivity index (χ2v) is 6.11. The number of alkyl halides is 3. The van der Waals surface area contributed by atoms with Gasteiger partial charge in [0.25, 0.3) is 5.60 Å². The quantitative estimate of drug-likeness (QED) is 0.495. The van der Waals surface area contributed by atoms with Crippen LogP contribution >= 0.6 is 0 Å². The monoisotopic (exact) mass is 407 g/mol. The predicted molar refractivity (Wildman–Crippen MR) is 99.3 cm³/mol. The minimum atomic E-state index is -5.33. The molecule has 2 aromatic carbocycles. The molecule has 0 spiro atoms. The Labute approximate surface area is 162 Å². The number of carbonyl (C=O) groups is 2. The molecule has 0 radical (unpaired) electrons. The first-order chi connectivity index (χ1) is 13.7. The normalized spacial score (nSPS) is 13.6. The van der Waals surface area contributed by atoms with Gasteiger partial charge in [0.1, 0.15) is 0 Å². The first-order valence-electron chi connectivity index (χ1n) is 8.29. The van der Waals surface area contributed by atoms with Gasteiger partial charge in [-0.3, -0.25) is 0 Å². The Kier molecular flexibility index (Phi) is 5.21. The molecule has 29 heavy (non-hydrogen) atoms. The topological polar surface area (TPSA) is 103 Å². The van der Waals surface area contributed by atoms with Crippen LogP contribution in [0.1, 0.15) is 5.56 Å². The summed E-state index contributed by atoms with van der Waals surface area (Å²) in [4.78, 5) is 26.5. The number of hydrogen-bond acceptors (Lipinski definition) is 4. The van der Waals surface area contributed by atoms with Crippen molar-refractivity contribution in [1.82, 2.24) is 4.98 Å². The molecule has 1 aromatic heterocycles. The van der Waals surface area contributed by atoms with Crippen molar-refractivity contribution >= 4 is 34.3 Å². The fraction of sp³-hybridized carbons (Fsp3) is 0.158. The van der Waals surface area contributed by atoms with Gasteiger partial charge in [-0.1, -0.05) is 18.2 Å². The van der Waals surface area contributed by atoms with Crippen molar-refractivity contribution in [3.63, 3.8) is 0 Å². The number of urea groups is 1. The highest BCUT2D eigenvalue weighted by atomic mass is 19.4. The molecular formula is C19H16F3N3O4. The molecule has 1 atom stereocenters. The van der Waals surface area contributed by atoms with E-state index >= 15 is 0 Å². The number of nitrogens with one attached hydrogen (secondary N) is 3. The van der Waals surface area contributed by atoms with Crippen molar-refractivity contribution in [2.75, 3.05) is 17.7 Å². The van der Waals surface area contributed by atoms with E-state index in [9.17, 15) is 27.9 Å². The number of carbonyl (C=O) groups excluding carboxylic acids is 2. The van der Waals surface area contributed by atoms with E-state index in [0.717, 1.165) is 13.3 Å². The highest BCUT2D eigenvalue weighted by Crippen LogP contribution is 2.43. The van der Waals surface area contributed by atoms with Crippen LogP contribution in [0.2, 0.25) is 0 Å². The number of amides is 2. The van der Waals surface area contributed by atoms with Gasteiger partial charge >= 0.3 is 18.2 Å². The van der Waals surface area contributed by atoms with Crippen LogP contribution in [0.5, 0.6) is 0 Å². The lowest BCUT2D eigenvalue weighted by Gasteiger charge is -2.27. The van der Waals surface area contributed by atoms with Crippen molar-refractivity contribution in [2.24, 2.45) is 0 Å². The summed E-state index contributed by atoms with van der Waals surface area (Å²) in [6, 6.07) is 12.0. The number of benzene rings is 2. The zero-order chi connectivity index (χ0) is 21.2. The van der Waals surface area contributed by atoms with Gasteiger partial charge in [0.15, 0.2) is 0 Å². The minimum absolute atomic E-state index is 0.104. The van der Waals surface area contributed by atoms with Crippen LogP contribution in [0.4, 0.5) is 29.3 Å². The van der Waals surface area contributed by atoms with E-state index in [1.807, 2.05) is 0 Å². The van der Waals surface area contributed by atoms with Gasteiger partial charge in [-0.15, -0.1) is 0 Å². The number of aliphatic hydroxyl groups is 1. The molecule has 2 amide bonds. The molecule has 1 unspecified atom stereocenters. The lowest BCUT2D eigenvalue weighted by atomic mass is 9.92. The van der Waals surface area contributed by atoms with Gasteiger partial charge in [-0.25, -0.2) is 9.59 Å². The van der Waals surface area contributed by atoms with Crippen LogP contribution in [0.3, 0.4) is 0 Å². The summed E-state index contributed by atoms with van der Waals surface area (Å²) in [6.07, 6.45) is -4.45. The zero-order valence-electron chi connectivity index (χ0n) is 15.0. The lowest BCUT2D eigenvalue weighted by Crippen LogP contribution is -2.49. The van der Waals surface area contributed by atoms with Crippen LogP contribution < -0.4 is 10.6 Å². The van der Waals surface area contributed by atoms with Crippen molar-refractivity contribution < 1.29 is 32.6 Å². The number of ether oxygens (including phenoxy) is 1.